The van der Waals surface area contributed by atoms with Crippen molar-refractivity contribution < 1.29 is 13.5 Å². The Labute approximate surface area is 117 Å². The maximum absolute atomic E-state index is 13.7. The molecule has 2 atom stereocenters. The van der Waals surface area contributed by atoms with Gasteiger partial charge in [0.25, 0.3) is 0 Å². The second-order valence-corrected chi connectivity index (χ2v) is 4.83. The van der Waals surface area contributed by atoms with Gasteiger partial charge in [0.15, 0.2) is 11.6 Å². The van der Waals surface area contributed by atoms with Crippen LogP contribution < -0.4 is 10.5 Å². The summed E-state index contributed by atoms with van der Waals surface area (Å²) in [6.07, 6.45) is -0.490. The summed E-state index contributed by atoms with van der Waals surface area (Å²) in [5, 5.41) is 0. The van der Waals surface area contributed by atoms with Gasteiger partial charge < -0.3 is 10.5 Å². The summed E-state index contributed by atoms with van der Waals surface area (Å²) >= 11 is 0. The van der Waals surface area contributed by atoms with Gasteiger partial charge in [0.2, 0.25) is 0 Å². The molecule has 0 aliphatic carbocycles. The molecule has 0 spiro atoms. The van der Waals surface area contributed by atoms with Gasteiger partial charge in [-0.2, -0.15) is 0 Å². The van der Waals surface area contributed by atoms with Crippen LogP contribution >= 0.6 is 0 Å². The van der Waals surface area contributed by atoms with Crippen molar-refractivity contribution in [2.75, 3.05) is 0 Å². The van der Waals surface area contributed by atoms with E-state index in [-0.39, 0.29) is 11.8 Å². The van der Waals surface area contributed by atoms with E-state index in [1.54, 1.807) is 6.92 Å². The Bertz CT molecular complexity index is 599. The fourth-order valence-electron chi connectivity index (χ4n) is 2.07. The van der Waals surface area contributed by atoms with Crippen LogP contribution in [-0.4, -0.2) is 6.04 Å². The number of benzene rings is 2. The third-order valence-corrected chi connectivity index (χ3v) is 3.12. The molecule has 0 bridgehead atoms. The van der Waals surface area contributed by atoms with Crippen LogP contribution in [0, 0.1) is 18.6 Å². The first kappa shape index (κ1) is 14.5. The Balaban J connectivity index is 2.33. The number of hydrogen-bond acceptors (Lipinski definition) is 2. The average molecular weight is 277 g/mol. The fourth-order valence-corrected chi connectivity index (χ4v) is 2.07. The highest BCUT2D eigenvalue weighted by molar-refractivity contribution is 5.31. The molecule has 0 radical (unpaired) electrons. The Kier molecular flexibility index (Phi) is 4.35. The summed E-state index contributed by atoms with van der Waals surface area (Å²) in [5.41, 5.74) is 7.85. The number of rotatable bonds is 4. The summed E-state index contributed by atoms with van der Waals surface area (Å²) in [4.78, 5) is 0. The molecule has 106 valence electrons. The second kappa shape index (κ2) is 6.01. The first-order valence-corrected chi connectivity index (χ1v) is 6.42. The highest BCUT2D eigenvalue weighted by Crippen LogP contribution is 2.28. The first-order valence-electron chi connectivity index (χ1n) is 6.42. The van der Waals surface area contributed by atoms with Crippen LogP contribution in [0.4, 0.5) is 8.78 Å². The summed E-state index contributed by atoms with van der Waals surface area (Å²) in [7, 11) is 0. The molecule has 0 aliphatic heterocycles. The molecule has 2 nitrogen and oxygen atoms in total. The van der Waals surface area contributed by atoms with Gasteiger partial charge in [-0.15, -0.1) is 0 Å². The Morgan fingerprint density at radius 1 is 1.10 bits per heavy atom. The minimum atomic E-state index is -0.732. The van der Waals surface area contributed by atoms with Gasteiger partial charge in [0.05, 0.1) is 0 Å². The van der Waals surface area contributed by atoms with E-state index in [0.717, 1.165) is 23.3 Å². The number of ether oxygens (including phenoxy) is 1. The molecule has 0 fully saturated rings. The maximum atomic E-state index is 13.7. The van der Waals surface area contributed by atoms with Gasteiger partial charge in [0, 0.05) is 12.1 Å². The highest BCUT2D eigenvalue weighted by atomic mass is 19.1. The lowest BCUT2D eigenvalue weighted by Crippen LogP contribution is -2.29. The Hall–Kier alpha value is -1.94. The average Bonchev–Trinajstić information content (AvgIpc) is 2.39. The lowest BCUT2D eigenvalue weighted by molar-refractivity contribution is 0.171. The number of nitrogens with two attached hydrogens (primary N) is 1. The van der Waals surface area contributed by atoms with Gasteiger partial charge in [0.1, 0.15) is 11.9 Å². The van der Waals surface area contributed by atoms with E-state index >= 15 is 0 Å². The zero-order valence-corrected chi connectivity index (χ0v) is 11.4. The molecule has 0 saturated heterocycles. The third-order valence-electron chi connectivity index (χ3n) is 3.12. The van der Waals surface area contributed by atoms with E-state index in [2.05, 4.69) is 0 Å². The lowest BCUT2D eigenvalue weighted by atomic mass is 9.99. The van der Waals surface area contributed by atoms with Gasteiger partial charge in [-0.25, -0.2) is 8.78 Å². The van der Waals surface area contributed by atoms with E-state index in [4.69, 9.17) is 10.5 Å². The minimum Gasteiger partial charge on any atom is -0.481 e. The molecule has 20 heavy (non-hydrogen) atoms. The fraction of sp³-hybridized carbons (Fsp3) is 0.250. The van der Waals surface area contributed by atoms with Crippen molar-refractivity contribution in [3.8, 4) is 5.75 Å². The smallest absolute Gasteiger partial charge is 0.168 e. The van der Waals surface area contributed by atoms with Crippen molar-refractivity contribution in [1.82, 2.24) is 0 Å². The van der Waals surface area contributed by atoms with E-state index in [0.29, 0.717) is 0 Å². The van der Waals surface area contributed by atoms with Gasteiger partial charge in [-0.1, -0.05) is 24.3 Å². The standard InChI is InChI=1S/C16H17F2NO/c1-10-5-3-4-6-13(10)16(11(2)19)20-15-8-7-12(17)9-14(15)18/h3-9,11,16H,19H2,1-2H3. The van der Waals surface area contributed by atoms with Crippen molar-refractivity contribution in [2.24, 2.45) is 5.73 Å². The van der Waals surface area contributed by atoms with Gasteiger partial charge >= 0.3 is 0 Å². The molecule has 2 rings (SSSR count). The summed E-state index contributed by atoms with van der Waals surface area (Å²) < 4.78 is 32.3. The lowest BCUT2D eigenvalue weighted by Gasteiger charge is -2.24. The van der Waals surface area contributed by atoms with Crippen molar-refractivity contribution >= 4 is 0 Å². The zero-order valence-electron chi connectivity index (χ0n) is 11.4. The number of halogens is 2. The maximum Gasteiger partial charge on any atom is 0.168 e. The van der Waals surface area contributed by atoms with Crippen molar-refractivity contribution in [3.63, 3.8) is 0 Å². The second-order valence-electron chi connectivity index (χ2n) is 4.83. The Morgan fingerprint density at radius 3 is 2.40 bits per heavy atom. The molecule has 2 N–H and O–H groups in total. The molecule has 2 aromatic rings. The van der Waals surface area contributed by atoms with Crippen LogP contribution in [-0.2, 0) is 0 Å². The molecule has 4 heteroatoms. The van der Waals surface area contributed by atoms with E-state index in [1.807, 2.05) is 31.2 Å². The van der Waals surface area contributed by atoms with E-state index in [9.17, 15) is 8.78 Å². The normalized spacial score (nSPS) is 13.8. The number of aryl methyl sites for hydroxylation is 1. The van der Waals surface area contributed by atoms with Crippen LogP contribution in [0.2, 0.25) is 0 Å². The topological polar surface area (TPSA) is 35.2 Å². The van der Waals surface area contributed by atoms with Crippen LogP contribution in [0.25, 0.3) is 0 Å². The molecule has 0 aromatic heterocycles. The molecule has 2 unspecified atom stereocenters. The largest absolute Gasteiger partial charge is 0.481 e. The summed E-state index contributed by atoms with van der Waals surface area (Å²) in [6.45, 7) is 3.73. The van der Waals surface area contributed by atoms with Gasteiger partial charge in [-0.3, -0.25) is 0 Å². The molecular formula is C16H17F2NO. The van der Waals surface area contributed by atoms with Gasteiger partial charge in [-0.05, 0) is 37.1 Å². The third kappa shape index (κ3) is 3.14. The molecular weight excluding hydrogens is 260 g/mol. The molecule has 0 heterocycles. The van der Waals surface area contributed by atoms with Crippen molar-refractivity contribution in [2.45, 2.75) is 26.0 Å². The van der Waals surface area contributed by atoms with Crippen LogP contribution in [0.1, 0.15) is 24.2 Å². The first-order chi connectivity index (χ1) is 9.49. The molecule has 0 saturated carbocycles. The van der Waals surface area contributed by atoms with E-state index < -0.39 is 17.7 Å². The predicted molar refractivity (Wildman–Crippen MR) is 74.6 cm³/mol. The minimum absolute atomic E-state index is 0.00282. The predicted octanol–water partition coefficient (Wildman–Crippen LogP) is 3.74. The summed E-state index contributed by atoms with van der Waals surface area (Å²) in [6, 6.07) is 10.5. The van der Waals surface area contributed by atoms with Crippen molar-refractivity contribution in [3.05, 3.63) is 65.2 Å². The molecule has 0 amide bonds. The van der Waals surface area contributed by atoms with Crippen LogP contribution in [0.3, 0.4) is 0 Å². The van der Waals surface area contributed by atoms with Crippen LogP contribution in [0.5, 0.6) is 5.75 Å². The van der Waals surface area contributed by atoms with E-state index in [1.165, 1.54) is 6.07 Å². The molecule has 2 aromatic carbocycles. The quantitative estimate of drug-likeness (QED) is 0.924. The van der Waals surface area contributed by atoms with Crippen molar-refractivity contribution in [1.29, 1.82) is 0 Å². The monoisotopic (exact) mass is 277 g/mol. The number of hydrogen-bond donors (Lipinski definition) is 1. The van der Waals surface area contributed by atoms with Crippen LogP contribution in [0.15, 0.2) is 42.5 Å². The highest BCUT2D eigenvalue weighted by Gasteiger charge is 2.21. The zero-order chi connectivity index (χ0) is 14.7. The Morgan fingerprint density at radius 2 is 1.80 bits per heavy atom. The SMILES string of the molecule is Cc1ccccc1C(Oc1ccc(F)cc1F)C(C)N. The summed E-state index contributed by atoms with van der Waals surface area (Å²) in [5.74, 6) is -1.37. The molecule has 0 aliphatic rings.